The first-order valence-corrected chi connectivity index (χ1v) is 10.3. The molecule has 1 aromatic heterocycles. The first-order chi connectivity index (χ1) is 15.5. The highest BCUT2D eigenvalue weighted by Crippen LogP contribution is 2.20. The van der Waals surface area contributed by atoms with Gasteiger partial charge in [0.05, 0.1) is 12.2 Å². The number of nitrogens with zero attached hydrogens (tertiary/aromatic N) is 1. The van der Waals surface area contributed by atoms with Crippen molar-refractivity contribution in [3.8, 4) is 17.4 Å². The number of para-hydroxylation sites is 1. The number of halogens is 2. The molecule has 1 amide bonds. The number of rotatable bonds is 12. The Hall–Kier alpha value is -2.88. The van der Waals surface area contributed by atoms with E-state index in [4.69, 9.17) is 15.2 Å². The summed E-state index contributed by atoms with van der Waals surface area (Å²) in [5.74, 6) is 1.10. The Balaban J connectivity index is 0.00000289. The van der Waals surface area contributed by atoms with Crippen LogP contribution in [0.3, 0.4) is 0 Å². The highest BCUT2D eigenvalue weighted by atomic mass is 35.5. The molecule has 0 saturated heterocycles. The van der Waals surface area contributed by atoms with Crippen molar-refractivity contribution in [1.82, 2.24) is 10.3 Å². The Morgan fingerprint density at radius 3 is 2.29 bits per heavy atom. The summed E-state index contributed by atoms with van der Waals surface area (Å²) in [5, 5.41) is 23.0. The van der Waals surface area contributed by atoms with Gasteiger partial charge in [-0.25, -0.2) is 4.98 Å². The second kappa shape index (κ2) is 15.1. The van der Waals surface area contributed by atoms with E-state index in [1.54, 1.807) is 24.3 Å². The number of carbonyl (C=O) groups is 1. The van der Waals surface area contributed by atoms with E-state index in [-0.39, 0.29) is 44.1 Å². The monoisotopic (exact) mass is 509 g/mol. The molecule has 34 heavy (non-hydrogen) atoms. The maximum atomic E-state index is 11.1. The van der Waals surface area contributed by atoms with Gasteiger partial charge in [-0.1, -0.05) is 30.3 Å². The van der Waals surface area contributed by atoms with Gasteiger partial charge in [-0.2, -0.15) is 0 Å². The number of nitrogens with two attached hydrogens (primary N) is 1. The van der Waals surface area contributed by atoms with Crippen LogP contribution in [0.5, 0.6) is 17.4 Å². The van der Waals surface area contributed by atoms with Crippen molar-refractivity contribution in [3.05, 3.63) is 84.1 Å². The van der Waals surface area contributed by atoms with Gasteiger partial charge in [-0.15, -0.1) is 24.8 Å². The van der Waals surface area contributed by atoms with Crippen LogP contribution in [0.25, 0.3) is 0 Å². The van der Waals surface area contributed by atoms with E-state index in [0.717, 1.165) is 5.56 Å². The number of aromatic nitrogens is 1. The van der Waals surface area contributed by atoms with Crippen molar-refractivity contribution in [1.29, 1.82) is 0 Å². The number of hydrogen-bond donors (Lipinski definition) is 4. The maximum Gasteiger partial charge on any atom is 0.250 e. The molecule has 5 N–H and O–H groups in total. The van der Waals surface area contributed by atoms with E-state index >= 15 is 0 Å². The highest BCUT2D eigenvalue weighted by molar-refractivity contribution is 5.92. The fourth-order valence-electron chi connectivity index (χ4n) is 2.96. The molecule has 0 bridgehead atoms. The molecule has 0 fully saturated rings. The number of carbonyl (C=O) groups excluding carboxylic acids is 1. The SMILES string of the molecule is Cl.Cl.NC(=O)c1ccc(Oc2ccc(C[C@@H](CO)NCC(O)COc3ccccc3)cc2)nc1. The van der Waals surface area contributed by atoms with Crippen LogP contribution in [0, 0.1) is 0 Å². The Morgan fingerprint density at radius 2 is 1.71 bits per heavy atom. The zero-order valence-corrected chi connectivity index (χ0v) is 20.0. The molecular formula is C24H29Cl2N3O5. The third-order valence-electron chi connectivity index (χ3n) is 4.70. The molecule has 3 rings (SSSR count). The summed E-state index contributed by atoms with van der Waals surface area (Å²) >= 11 is 0. The van der Waals surface area contributed by atoms with Crippen LogP contribution in [0.15, 0.2) is 72.9 Å². The van der Waals surface area contributed by atoms with Crippen molar-refractivity contribution in [2.45, 2.75) is 18.6 Å². The van der Waals surface area contributed by atoms with Crippen molar-refractivity contribution in [3.63, 3.8) is 0 Å². The van der Waals surface area contributed by atoms with E-state index in [0.29, 0.717) is 35.9 Å². The Bertz CT molecular complexity index is 976. The molecule has 184 valence electrons. The Labute approximate surface area is 210 Å². The van der Waals surface area contributed by atoms with Gasteiger partial charge >= 0.3 is 0 Å². The molecule has 1 unspecified atom stereocenters. The maximum absolute atomic E-state index is 11.1. The second-order valence-corrected chi connectivity index (χ2v) is 7.27. The van der Waals surface area contributed by atoms with Crippen LogP contribution in [-0.2, 0) is 6.42 Å². The van der Waals surface area contributed by atoms with Crippen LogP contribution in [-0.4, -0.2) is 53.0 Å². The molecule has 0 aliphatic rings. The molecule has 8 nitrogen and oxygen atoms in total. The number of pyridine rings is 1. The largest absolute Gasteiger partial charge is 0.491 e. The minimum atomic E-state index is -0.700. The molecular weight excluding hydrogens is 481 g/mol. The number of nitrogens with one attached hydrogen (secondary N) is 1. The van der Waals surface area contributed by atoms with E-state index in [1.165, 1.54) is 6.20 Å². The summed E-state index contributed by atoms with van der Waals surface area (Å²) < 4.78 is 11.2. The third kappa shape index (κ3) is 9.54. The summed E-state index contributed by atoms with van der Waals surface area (Å²) in [4.78, 5) is 15.1. The van der Waals surface area contributed by atoms with Crippen molar-refractivity contribution in [2.24, 2.45) is 5.73 Å². The number of primary amides is 1. The topological polar surface area (TPSA) is 127 Å². The molecule has 3 aromatic rings. The molecule has 10 heteroatoms. The summed E-state index contributed by atoms with van der Waals surface area (Å²) in [5.41, 5.74) is 6.51. The van der Waals surface area contributed by atoms with Crippen LogP contribution in [0.4, 0.5) is 0 Å². The second-order valence-electron chi connectivity index (χ2n) is 7.27. The Kier molecular flexibility index (Phi) is 13.0. The first kappa shape index (κ1) is 29.2. The fourth-order valence-corrected chi connectivity index (χ4v) is 2.96. The fraction of sp³-hybridized carbons (Fsp3) is 0.250. The highest BCUT2D eigenvalue weighted by Gasteiger charge is 2.12. The lowest BCUT2D eigenvalue weighted by Crippen LogP contribution is -2.41. The minimum absolute atomic E-state index is 0. The molecule has 2 atom stereocenters. The number of benzene rings is 2. The summed E-state index contributed by atoms with van der Waals surface area (Å²) in [6.45, 7) is 0.391. The van der Waals surface area contributed by atoms with Gasteiger partial charge in [0.1, 0.15) is 24.2 Å². The van der Waals surface area contributed by atoms with Crippen molar-refractivity contribution >= 4 is 30.7 Å². The lowest BCUT2D eigenvalue weighted by atomic mass is 10.1. The van der Waals surface area contributed by atoms with Crippen LogP contribution in [0.2, 0.25) is 0 Å². The Morgan fingerprint density at radius 1 is 1.00 bits per heavy atom. The number of aliphatic hydroxyl groups excluding tert-OH is 2. The summed E-state index contributed by atoms with van der Waals surface area (Å²) in [6.07, 6.45) is 1.24. The summed E-state index contributed by atoms with van der Waals surface area (Å²) in [7, 11) is 0. The van der Waals surface area contributed by atoms with E-state index in [9.17, 15) is 15.0 Å². The quantitative estimate of drug-likeness (QED) is 0.295. The molecule has 1 heterocycles. The predicted molar refractivity (Wildman–Crippen MR) is 134 cm³/mol. The lowest BCUT2D eigenvalue weighted by molar-refractivity contribution is 0.0995. The van der Waals surface area contributed by atoms with Gasteiger partial charge in [0.2, 0.25) is 11.8 Å². The number of ether oxygens (including phenoxy) is 2. The zero-order valence-electron chi connectivity index (χ0n) is 18.4. The van der Waals surface area contributed by atoms with E-state index in [2.05, 4.69) is 10.3 Å². The van der Waals surface area contributed by atoms with E-state index in [1.807, 2.05) is 42.5 Å². The first-order valence-electron chi connectivity index (χ1n) is 10.3. The predicted octanol–water partition coefficient (Wildman–Crippen LogP) is 2.75. The molecule has 0 aliphatic carbocycles. The van der Waals surface area contributed by atoms with Gasteiger partial charge in [0, 0.05) is 24.8 Å². The van der Waals surface area contributed by atoms with Crippen LogP contribution in [0.1, 0.15) is 15.9 Å². The van der Waals surface area contributed by atoms with Crippen molar-refractivity contribution in [2.75, 3.05) is 19.8 Å². The summed E-state index contributed by atoms with van der Waals surface area (Å²) in [6, 6.07) is 19.6. The average molecular weight is 510 g/mol. The standard InChI is InChI=1S/C24H27N3O5.2ClH/c25-24(30)18-8-11-23(27-13-18)32-22-9-6-17(7-10-22)12-19(15-28)26-14-20(29)16-31-21-4-2-1-3-5-21;;/h1-11,13,19-20,26,28-29H,12,14-16H2,(H2,25,30);2*1H/t19-,20?;;/m0../s1. The van der Waals surface area contributed by atoms with Crippen LogP contribution < -0.4 is 20.5 Å². The van der Waals surface area contributed by atoms with E-state index < -0.39 is 12.0 Å². The number of amides is 1. The van der Waals surface area contributed by atoms with Gasteiger partial charge in [-0.3, -0.25) is 4.79 Å². The zero-order chi connectivity index (χ0) is 22.8. The molecule has 0 radical (unpaired) electrons. The third-order valence-corrected chi connectivity index (χ3v) is 4.70. The molecule has 0 spiro atoms. The lowest BCUT2D eigenvalue weighted by Gasteiger charge is -2.19. The van der Waals surface area contributed by atoms with Gasteiger partial charge in [-0.05, 0) is 42.3 Å². The smallest absolute Gasteiger partial charge is 0.250 e. The molecule has 0 saturated carbocycles. The average Bonchev–Trinajstić information content (AvgIpc) is 2.82. The minimum Gasteiger partial charge on any atom is -0.491 e. The van der Waals surface area contributed by atoms with Gasteiger partial charge in [0.15, 0.2) is 0 Å². The van der Waals surface area contributed by atoms with Crippen LogP contribution >= 0.6 is 24.8 Å². The van der Waals surface area contributed by atoms with Gasteiger partial charge < -0.3 is 30.7 Å². The number of aliphatic hydroxyl groups is 2. The van der Waals surface area contributed by atoms with Crippen molar-refractivity contribution < 1.29 is 24.5 Å². The number of hydrogen-bond acceptors (Lipinski definition) is 7. The molecule has 2 aromatic carbocycles. The normalized spacial score (nSPS) is 11.9. The molecule has 0 aliphatic heterocycles. The van der Waals surface area contributed by atoms with Gasteiger partial charge in [0.25, 0.3) is 0 Å².